The van der Waals surface area contributed by atoms with E-state index in [1.54, 1.807) is 12.1 Å². The highest BCUT2D eigenvalue weighted by atomic mass is 79.9. The van der Waals surface area contributed by atoms with Crippen molar-refractivity contribution in [3.05, 3.63) is 34.1 Å². The van der Waals surface area contributed by atoms with Crippen LogP contribution in [0.15, 0.2) is 22.7 Å². The molecule has 1 atom stereocenters. The van der Waals surface area contributed by atoms with Crippen molar-refractivity contribution < 1.29 is 9.18 Å². The van der Waals surface area contributed by atoms with Crippen molar-refractivity contribution in [2.24, 2.45) is 5.92 Å². The molecule has 0 bridgehead atoms. The molecule has 17 heavy (non-hydrogen) atoms. The summed E-state index contributed by atoms with van der Waals surface area (Å²) in [6.07, 6.45) is 3.49. The monoisotopic (exact) mass is 299 g/mol. The first kappa shape index (κ1) is 12.6. The standard InChI is InChI=1S/C13H15BrFNO/c1-8(7-9-5-6-9)16-13(17)12-10(14)3-2-4-11(12)15/h2-4,8-9H,5-7H2,1H3,(H,16,17). The minimum atomic E-state index is -0.490. The van der Waals surface area contributed by atoms with E-state index in [9.17, 15) is 9.18 Å². The molecule has 1 aromatic carbocycles. The fourth-order valence-electron chi connectivity index (χ4n) is 1.92. The molecule has 1 aliphatic carbocycles. The molecule has 0 saturated heterocycles. The molecule has 0 radical (unpaired) electrons. The van der Waals surface area contributed by atoms with Crippen LogP contribution in [0, 0.1) is 11.7 Å². The number of halogens is 2. The third-order valence-electron chi connectivity index (χ3n) is 2.95. The van der Waals surface area contributed by atoms with Crippen molar-refractivity contribution in [2.45, 2.75) is 32.2 Å². The van der Waals surface area contributed by atoms with Gasteiger partial charge in [0.15, 0.2) is 0 Å². The molecule has 0 aliphatic heterocycles. The first-order valence-corrected chi connectivity index (χ1v) is 6.62. The summed E-state index contributed by atoms with van der Waals surface area (Å²) in [6.45, 7) is 1.96. The van der Waals surface area contributed by atoms with Gasteiger partial charge >= 0.3 is 0 Å². The summed E-state index contributed by atoms with van der Waals surface area (Å²) in [7, 11) is 0. The quantitative estimate of drug-likeness (QED) is 0.906. The topological polar surface area (TPSA) is 29.1 Å². The Hall–Kier alpha value is -0.900. The molecule has 0 heterocycles. The number of hydrogen-bond acceptors (Lipinski definition) is 1. The minimum absolute atomic E-state index is 0.0927. The first-order valence-electron chi connectivity index (χ1n) is 5.83. The SMILES string of the molecule is CC(CC1CC1)NC(=O)c1c(F)cccc1Br. The van der Waals surface area contributed by atoms with Crippen molar-refractivity contribution in [2.75, 3.05) is 0 Å². The van der Waals surface area contributed by atoms with E-state index >= 15 is 0 Å². The maximum atomic E-state index is 13.5. The van der Waals surface area contributed by atoms with Gasteiger partial charge in [0.1, 0.15) is 5.82 Å². The molecule has 1 unspecified atom stereocenters. The second kappa shape index (κ2) is 5.17. The number of rotatable bonds is 4. The molecule has 1 N–H and O–H groups in total. The van der Waals surface area contributed by atoms with Crippen molar-refractivity contribution in [3.63, 3.8) is 0 Å². The van der Waals surface area contributed by atoms with Gasteiger partial charge in [0, 0.05) is 10.5 Å². The lowest BCUT2D eigenvalue weighted by atomic mass is 10.1. The van der Waals surface area contributed by atoms with Crippen LogP contribution in [0.3, 0.4) is 0 Å². The van der Waals surface area contributed by atoms with Crippen LogP contribution in [-0.2, 0) is 0 Å². The molecular formula is C13H15BrFNO. The maximum Gasteiger partial charge on any atom is 0.255 e. The fraction of sp³-hybridized carbons (Fsp3) is 0.462. The average Bonchev–Trinajstić information content (AvgIpc) is 3.00. The second-order valence-electron chi connectivity index (χ2n) is 4.65. The summed E-state index contributed by atoms with van der Waals surface area (Å²) in [6, 6.07) is 4.64. The lowest BCUT2D eigenvalue weighted by Gasteiger charge is -2.14. The number of hydrogen-bond donors (Lipinski definition) is 1. The van der Waals surface area contributed by atoms with Crippen LogP contribution in [-0.4, -0.2) is 11.9 Å². The smallest absolute Gasteiger partial charge is 0.255 e. The molecule has 0 spiro atoms. The maximum absolute atomic E-state index is 13.5. The Morgan fingerprint density at radius 3 is 2.88 bits per heavy atom. The summed E-state index contributed by atoms with van der Waals surface area (Å²) in [5.41, 5.74) is 0.0927. The van der Waals surface area contributed by atoms with E-state index in [4.69, 9.17) is 0 Å². The van der Waals surface area contributed by atoms with Gasteiger partial charge in [0.25, 0.3) is 5.91 Å². The third kappa shape index (κ3) is 3.28. The number of carbonyl (C=O) groups excluding carboxylic acids is 1. The van der Waals surface area contributed by atoms with Crippen LogP contribution >= 0.6 is 15.9 Å². The molecule has 1 fully saturated rings. The molecule has 0 aromatic heterocycles. The van der Waals surface area contributed by atoms with Crippen molar-refractivity contribution >= 4 is 21.8 Å². The van der Waals surface area contributed by atoms with Crippen LogP contribution in [0.4, 0.5) is 4.39 Å². The van der Waals surface area contributed by atoms with Gasteiger partial charge in [-0.15, -0.1) is 0 Å². The second-order valence-corrected chi connectivity index (χ2v) is 5.50. The van der Waals surface area contributed by atoms with Crippen molar-refractivity contribution in [3.8, 4) is 0 Å². The minimum Gasteiger partial charge on any atom is -0.349 e. The summed E-state index contributed by atoms with van der Waals surface area (Å²) in [5, 5.41) is 2.84. The summed E-state index contributed by atoms with van der Waals surface area (Å²) < 4.78 is 14.0. The van der Waals surface area contributed by atoms with Gasteiger partial charge in [-0.05, 0) is 47.3 Å². The predicted octanol–water partition coefficient (Wildman–Crippen LogP) is 3.51. The van der Waals surface area contributed by atoms with Gasteiger partial charge in [0.05, 0.1) is 5.56 Å². The molecule has 1 aromatic rings. The Bertz CT molecular complexity index is 411. The summed E-state index contributed by atoms with van der Waals surface area (Å²) in [4.78, 5) is 11.9. The highest BCUT2D eigenvalue weighted by Gasteiger charge is 2.25. The van der Waals surface area contributed by atoms with E-state index in [1.807, 2.05) is 6.92 Å². The van der Waals surface area contributed by atoms with Crippen molar-refractivity contribution in [1.82, 2.24) is 5.32 Å². The molecular weight excluding hydrogens is 285 g/mol. The lowest BCUT2D eigenvalue weighted by molar-refractivity contribution is 0.0932. The normalized spacial score (nSPS) is 16.6. The molecule has 92 valence electrons. The van der Waals surface area contributed by atoms with E-state index in [1.165, 1.54) is 18.9 Å². The van der Waals surface area contributed by atoms with Gasteiger partial charge in [0.2, 0.25) is 0 Å². The van der Waals surface area contributed by atoms with Gasteiger partial charge in [-0.25, -0.2) is 4.39 Å². The Kier molecular flexibility index (Phi) is 3.82. The summed E-state index contributed by atoms with van der Waals surface area (Å²) >= 11 is 3.20. The van der Waals surface area contributed by atoms with E-state index in [2.05, 4.69) is 21.2 Å². The van der Waals surface area contributed by atoms with E-state index < -0.39 is 5.82 Å². The Balaban J connectivity index is 2.03. The summed E-state index contributed by atoms with van der Waals surface area (Å²) in [5.74, 6) is -0.0898. The van der Waals surface area contributed by atoms with Gasteiger partial charge < -0.3 is 5.32 Å². The van der Waals surface area contributed by atoms with Gasteiger partial charge in [-0.2, -0.15) is 0 Å². The predicted molar refractivity (Wildman–Crippen MR) is 68.4 cm³/mol. The molecule has 1 amide bonds. The third-order valence-corrected chi connectivity index (χ3v) is 3.61. The van der Waals surface area contributed by atoms with E-state index in [-0.39, 0.29) is 17.5 Å². The van der Waals surface area contributed by atoms with Crippen LogP contribution in [0.2, 0.25) is 0 Å². The largest absolute Gasteiger partial charge is 0.349 e. The first-order chi connectivity index (χ1) is 8.08. The zero-order chi connectivity index (χ0) is 12.4. The highest BCUT2D eigenvalue weighted by Crippen LogP contribution is 2.33. The Morgan fingerprint density at radius 1 is 1.59 bits per heavy atom. The number of benzene rings is 1. The molecule has 1 saturated carbocycles. The highest BCUT2D eigenvalue weighted by molar-refractivity contribution is 9.10. The van der Waals surface area contributed by atoms with E-state index in [0.29, 0.717) is 4.47 Å². The average molecular weight is 300 g/mol. The van der Waals surface area contributed by atoms with Crippen LogP contribution in [0.25, 0.3) is 0 Å². The lowest BCUT2D eigenvalue weighted by Crippen LogP contribution is -2.33. The molecule has 2 nitrogen and oxygen atoms in total. The van der Waals surface area contributed by atoms with Crippen LogP contribution in [0.1, 0.15) is 36.5 Å². The Labute approximate surface area is 109 Å². The van der Waals surface area contributed by atoms with Crippen molar-refractivity contribution in [1.29, 1.82) is 0 Å². The number of nitrogens with one attached hydrogen (secondary N) is 1. The van der Waals surface area contributed by atoms with Gasteiger partial charge in [-0.1, -0.05) is 18.9 Å². The van der Waals surface area contributed by atoms with Crippen LogP contribution in [0.5, 0.6) is 0 Å². The Morgan fingerprint density at radius 2 is 2.29 bits per heavy atom. The zero-order valence-electron chi connectivity index (χ0n) is 9.67. The van der Waals surface area contributed by atoms with Crippen LogP contribution < -0.4 is 5.32 Å². The number of amides is 1. The molecule has 2 rings (SSSR count). The zero-order valence-corrected chi connectivity index (χ0v) is 11.3. The molecule has 1 aliphatic rings. The van der Waals surface area contributed by atoms with E-state index in [0.717, 1.165) is 12.3 Å². The molecule has 4 heteroatoms. The van der Waals surface area contributed by atoms with Gasteiger partial charge in [-0.3, -0.25) is 4.79 Å². The fourth-order valence-corrected chi connectivity index (χ4v) is 2.45. The number of carbonyl (C=O) groups is 1.